The number of carbonyl (C=O) groups excluding carboxylic acids is 1. The second-order valence-electron chi connectivity index (χ2n) is 4.45. The van der Waals surface area contributed by atoms with Crippen molar-refractivity contribution in [1.82, 2.24) is 5.32 Å². The molecule has 0 heterocycles. The smallest absolute Gasteiger partial charge is 0.251 e. The molecule has 5 heteroatoms. The zero-order valence-electron chi connectivity index (χ0n) is 12.6. The van der Waals surface area contributed by atoms with Crippen LogP contribution in [-0.2, 0) is 4.74 Å². The van der Waals surface area contributed by atoms with Crippen LogP contribution in [-0.4, -0.2) is 44.5 Å². The minimum atomic E-state index is -0.188. The summed E-state index contributed by atoms with van der Waals surface area (Å²) in [4.78, 5) is 12.1. The van der Waals surface area contributed by atoms with Crippen molar-refractivity contribution >= 4 is 5.91 Å². The van der Waals surface area contributed by atoms with Gasteiger partial charge < -0.3 is 19.9 Å². The molecule has 0 bridgehead atoms. The van der Waals surface area contributed by atoms with E-state index in [-0.39, 0.29) is 18.6 Å². The molecule has 0 aliphatic rings. The van der Waals surface area contributed by atoms with Gasteiger partial charge in [0.2, 0.25) is 0 Å². The summed E-state index contributed by atoms with van der Waals surface area (Å²) in [6.45, 7) is 2.32. The summed E-state index contributed by atoms with van der Waals surface area (Å²) < 4.78 is 10.3. The van der Waals surface area contributed by atoms with E-state index in [1.54, 1.807) is 32.4 Å². The van der Waals surface area contributed by atoms with Gasteiger partial charge in [0.25, 0.3) is 5.91 Å². The Kier molecular flexibility index (Phi) is 7.30. The van der Waals surface area contributed by atoms with Gasteiger partial charge >= 0.3 is 0 Å². The number of hydrogen-bond donors (Lipinski definition) is 2. The summed E-state index contributed by atoms with van der Waals surface area (Å²) in [7, 11) is 3.14. The summed E-state index contributed by atoms with van der Waals surface area (Å²) >= 11 is 0. The molecule has 21 heavy (non-hydrogen) atoms. The van der Waals surface area contributed by atoms with Crippen molar-refractivity contribution in [3.05, 3.63) is 29.3 Å². The molecule has 0 aliphatic heterocycles. The van der Waals surface area contributed by atoms with E-state index in [1.807, 2.05) is 6.92 Å². The highest BCUT2D eigenvalue weighted by Gasteiger charge is 2.10. The molecule has 0 saturated heterocycles. The van der Waals surface area contributed by atoms with Crippen molar-refractivity contribution in [3.63, 3.8) is 0 Å². The number of ether oxygens (including phenoxy) is 2. The maximum absolute atomic E-state index is 12.1. The molecule has 0 aromatic heterocycles. The zero-order chi connectivity index (χ0) is 15.7. The largest absolute Gasteiger partial charge is 0.495 e. The first-order valence-electron chi connectivity index (χ1n) is 6.71. The van der Waals surface area contributed by atoms with Crippen LogP contribution in [0.15, 0.2) is 18.2 Å². The van der Waals surface area contributed by atoms with Gasteiger partial charge in [-0.05, 0) is 25.1 Å². The fourth-order valence-electron chi connectivity index (χ4n) is 1.58. The van der Waals surface area contributed by atoms with Crippen LogP contribution < -0.4 is 10.1 Å². The van der Waals surface area contributed by atoms with Crippen molar-refractivity contribution in [3.8, 4) is 17.6 Å². The Hall–Kier alpha value is -2.03. The Morgan fingerprint density at radius 1 is 1.43 bits per heavy atom. The van der Waals surface area contributed by atoms with Gasteiger partial charge in [-0.15, -0.1) is 0 Å². The quantitative estimate of drug-likeness (QED) is 0.773. The van der Waals surface area contributed by atoms with Gasteiger partial charge in [-0.1, -0.05) is 11.8 Å². The average Bonchev–Trinajstić information content (AvgIpc) is 2.52. The van der Waals surface area contributed by atoms with E-state index in [9.17, 15) is 4.79 Å². The molecular weight excluding hydrogens is 270 g/mol. The number of amides is 1. The minimum Gasteiger partial charge on any atom is -0.495 e. The van der Waals surface area contributed by atoms with E-state index in [4.69, 9.17) is 14.6 Å². The highest BCUT2D eigenvalue weighted by molar-refractivity contribution is 5.94. The van der Waals surface area contributed by atoms with E-state index < -0.39 is 0 Å². The van der Waals surface area contributed by atoms with Crippen LogP contribution in [0.25, 0.3) is 0 Å². The number of aliphatic hydroxyl groups is 1. The monoisotopic (exact) mass is 291 g/mol. The molecule has 1 aromatic carbocycles. The first kappa shape index (κ1) is 17.0. The summed E-state index contributed by atoms with van der Waals surface area (Å²) in [6.07, 6.45) is 0.335. The molecule has 1 unspecified atom stereocenters. The van der Waals surface area contributed by atoms with E-state index in [0.29, 0.717) is 29.8 Å². The molecule has 1 amide bonds. The van der Waals surface area contributed by atoms with Crippen LogP contribution in [0.3, 0.4) is 0 Å². The van der Waals surface area contributed by atoms with Crippen molar-refractivity contribution in [1.29, 1.82) is 0 Å². The average molecular weight is 291 g/mol. The van der Waals surface area contributed by atoms with Gasteiger partial charge in [0.05, 0.1) is 25.4 Å². The van der Waals surface area contributed by atoms with Gasteiger partial charge in [0, 0.05) is 25.6 Å². The van der Waals surface area contributed by atoms with Crippen LogP contribution in [0.2, 0.25) is 0 Å². The lowest BCUT2D eigenvalue weighted by Gasteiger charge is -2.11. The molecule has 0 spiro atoms. The predicted octanol–water partition coefficient (Wildman–Crippen LogP) is 1.19. The first-order valence-corrected chi connectivity index (χ1v) is 6.71. The fraction of sp³-hybridized carbons (Fsp3) is 0.438. The Bertz CT molecular complexity index is 531. The standard InChI is InChI=1S/C16H21NO4/c1-12(20-2)11-17-16(19)14-7-8-15(21-3)13(10-14)6-4-5-9-18/h7-8,10,12,18H,5,9,11H2,1-3H3,(H,17,19). The molecule has 114 valence electrons. The van der Waals surface area contributed by atoms with Gasteiger partial charge in [-0.2, -0.15) is 0 Å². The maximum Gasteiger partial charge on any atom is 0.251 e. The fourth-order valence-corrected chi connectivity index (χ4v) is 1.58. The van der Waals surface area contributed by atoms with Crippen molar-refractivity contribution in [2.45, 2.75) is 19.4 Å². The minimum absolute atomic E-state index is 0.00436. The van der Waals surface area contributed by atoms with Crippen LogP contribution in [0.1, 0.15) is 29.3 Å². The molecule has 2 N–H and O–H groups in total. The van der Waals surface area contributed by atoms with Crippen molar-refractivity contribution in [2.75, 3.05) is 27.4 Å². The number of methoxy groups -OCH3 is 2. The van der Waals surface area contributed by atoms with Gasteiger partial charge in [-0.3, -0.25) is 4.79 Å². The highest BCUT2D eigenvalue weighted by Crippen LogP contribution is 2.19. The van der Waals surface area contributed by atoms with E-state index >= 15 is 0 Å². The Labute approximate surface area is 125 Å². The van der Waals surface area contributed by atoms with E-state index in [0.717, 1.165) is 0 Å². The highest BCUT2D eigenvalue weighted by atomic mass is 16.5. The molecule has 0 aliphatic carbocycles. The van der Waals surface area contributed by atoms with E-state index in [2.05, 4.69) is 17.2 Å². The number of carbonyl (C=O) groups is 1. The lowest BCUT2D eigenvalue weighted by molar-refractivity contribution is 0.0870. The van der Waals surface area contributed by atoms with Gasteiger partial charge in [0.1, 0.15) is 5.75 Å². The third-order valence-electron chi connectivity index (χ3n) is 2.87. The number of hydrogen-bond acceptors (Lipinski definition) is 4. The number of nitrogens with one attached hydrogen (secondary N) is 1. The van der Waals surface area contributed by atoms with Crippen molar-refractivity contribution in [2.24, 2.45) is 0 Å². The third kappa shape index (κ3) is 5.46. The molecule has 1 atom stereocenters. The summed E-state index contributed by atoms with van der Waals surface area (Å²) in [6, 6.07) is 5.07. The molecule has 5 nitrogen and oxygen atoms in total. The second kappa shape index (κ2) is 9.01. The Morgan fingerprint density at radius 2 is 2.19 bits per heavy atom. The lowest BCUT2D eigenvalue weighted by Crippen LogP contribution is -2.31. The topological polar surface area (TPSA) is 67.8 Å². The zero-order valence-corrected chi connectivity index (χ0v) is 12.6. The molecule has 1 rings (SSSR count). The molecule has 1 aromatic rings. The summed E-state index contributed by atoms with van der Waals surface area (Å²) in [5, 5.41) is 11.5. The van der Waals surface area contributed by atoms with Crippen LogP contribution in [0, 0.1) is 11.8 Å². The normalized spacial score (nSPS) is 11.2. The van der Waals surface area contributed by atoms with Crippen LogP contribution in [0.5, 0.6) is 5.75 Å². The van der Waals surface area contributed by atoms with Crippen molar-refractivity contribution < 1.29 is 19.4 Å². The summed E-state index contributed by atoms with van der Waals surface area (Å²) in [5.41, 5.74) is 1.13. The number of benzene rings is 1. The van der Waals surface area contributed by atoms with Crippen LogP contribution >= 0.6 is 0 Å². The molecule has 0 fully saturated rings. The van der Waals surface area contributed by atoms with E-state index in [1.165, 1.54) is 0 Å². The predicted molar refractivity (Wildman–Crippen MR) is 80.4 cm³/mol. The SMILES string of the molecule is COc1ccc(C(=O)NCC(C)OC)cc1C#CCCO. The Morgan fingerprint density at radius 3 is 2.81 bits per heavy atom. The first-order chi connectivity index (χ1) is 10.1. The third-order valence-corrected chi connectivity index (χ3v) is 2.87. The molecule has 0 saturated carbocycles. The maximum atomic E-state index is 12.1. The second-order valence-corrected chi connectivity index (χ2v) is 4.45. The Balaban J connectivity index is 2.87. The number of rotatable bonds is 6. The lowest BCUT2D eigenvalue weighted by atomic mass is 10.1. The molecule has 0 radical (unpaired) electrons. The van der Waals surface area contributed by atoms with Gasteiger partial charge in [0.15, 0.2) is 0 Å². The van der Waals surface area contributed by atoms with Crippen LogP contribution in [0.4, 0.5) is 0 Å². The summed E-state index contributed by atoms with van der Waals surface area (Å²) in [5.74, 6) is 6.13. The number of aliphatic hydroxyl groups excluding tert-OH is 1. The molecular formula is C16H21NO4. The van der Waals surface area contributed by atoms with Gasteiger partial charge in [-0.25, -0.2) is 0 Å².